The fourth-order valence-electron chi connectivity index (χ4n) is 2.38. The molecule has 0 aliphatic heterocycles. The molecule has 0 saturated carbocycles. The average molecular weight is 348 g/mol. The van der Waals surface area contributed by atoms with Crippen molar-refractivity contribution in [3.63, 3.8) is 0 Å². The molecular weight excluding hydrogens is 320 g/mol. The molecule has 1 rings (SSSR count). The minimum absolute atomic E-state index is 0.127. The molecule has 0 spiro atoms. The highest BCUT2D eigenvalue weighted by Gasteiger charge is 2.41. The van der Waals surface area contributed by atoms with Crippen molar-refractivity contribution in [3.05, 3.63) is 35.9 Å². The summed E-state index contributed by atoms with van der Waals surface area (Å²) in [5.74, 6) is -1.12. The number of carbonyl (C=O) groups is 2. The average Bonchev–Trinajstić information content (AvgIpc) is 2.63. The molecule has 0 amide bonds. The third-order valence-electron chi connectivity index (χ3n) is 4.46. The van der Waals surface area contributed by atoms with Gasteiger partial charge in [-0.1, -0.05) is 37.3 Å². The Hall–Kier alpha value is -2.24. The number of esters is 2. The molecule has 6 nitrogen and oxygen atoms in total. The van der Waals surface area contributed by atoms with Crippen LogP contribution in [0.4, 0.5) is 0 Å². The second kappa shape index (κ2) is 8.74. The lowest BCUT2D eigenvalue weighted by Crippen LogP contribution is -2.42. The highest BCUT2D eigenvalue weighted by atomic mass is 16.5. The van der Waals surface area contributed by atoms with Crippen molar-refractivity contribution in [1.82, 2.24) is 0 Å². The van der Waals surface area contributed by atoms with Crippen LogP contribution in [0.3, 0.4) is 0 Å². The smallest absolute Gasteiger partial charge is 0.335 e. The van der Waals surface area contributed by atoms with Crippen molar-refractivity contribution in [2.75, 3.05) is 14.2 Å². The molecule has 0 fully saturated rings. The van der Waals surface area contributed by atoms with E-state index >= 15 is 0 Å². The zero-order valence-electron chi connectivity index (χ0n) is 15.9. The van der Waals surface area contributed by atoms with Crippen LogP contribution in [0.25, 0.3) is 0 Å². The van der Waals surface area contributed by atoms with E-state index in [0.29, 0.717) is 0 Å². The number of hydrogen-bond acceptors (Lipinski definition) is 6. The van der Waals surface area contributed by atoms with E-state index < -0.39 is 23.0 Å². The summed E-state index contributed by atoms with van der Waals surface area (Å²) in [5.41, 5.74) is -1.15. The van der Waals surface area contributed by atoms with Gasteiger partial charge in [0.15, 0.2) is 11.1 Å². The maximum Gasteiger partial charge on any atom is 0.335 e. The lowest BCUT2D eigenvalue weighted by atomic mass is 9.83. The molecule has 1 aromatic carbocycles. The fraction of sp³-hybridized carbons (Fsp3) is 0.579. The van der Waals surface area contributed by atoms with E-state index in [2.05, 4.69) is 10.2 Å². The van der Waals surface area contributed by atoms with Crippen LogP contribution in [0.1, 0.15) is 39.7 Å². The molecular formula is C19H28N2O4. The first-order valence-electron chi connectivity index (χ1n) is 8.32. The highest BCUT2D eigenvalue weighted by molar-refractivity contribution is 5.81. The number of hydrogen-bond donors (Lipinski definition) is 0. The summed E-state index contributed by atoms with van der Waals surface area (Å²) < 4.78 is 9.66. The van der Waals surface area contributed by atoms with Gasteiger partial charge in [0.2, 0.25) is 0 Å². The molecule has 0 radical (unpaired) electrons. The van der Waals surface area contributed by atoms with Crippen LogP contribution in [0.5, 0.6) is 0 Å². The number of rotatable bonds is 8. The van der Waals surface area contributed by atoms with Crippen LogP contribution in [0, 0.1) is 5.92 Å². The Morgan fingerprint density at radius 1 is 1.00 bits per heavy atom. The molecule has 0 N–H and O–H groups in total. The Morgan fingerprint density at radius 2 is 1.56 bits per heavy atom. The highest BCUT2D eigenvalue weighted by Crippen LogP contribution is 2.29. The zero-order valence-corrected chi connectivity index (χ0v) is 15.9. The summed E-state index contributed by atoms with van der Waals surface area (Å²) in [5, 5.41) is 8.32. The summed E-state index contributed by atoms with van der Waals surface area (Å²) in [6, 6.07) is 10.0. The minimum atomic E-state index is -1.17. The van der Waals surface area contributed by atoms with Crippen molar-refractivity contribution in [3.8, 4) is 0 Å². The van der Waals surface area contributed by atoms with Crippen LogP contribution < -0.4 is 0 Å². The molecule has 0 bridgehead atoms. The van der Waals surface area contributed by atoms with Crippen molar-refractivity contribution >= 4 is 11.9 Å². The summed E-state index contributed by atoms with van der Waals surface area (Å²) in [7, 11) is 2.62. The van der Waals surface area contributed by atoms with E-state index in [1.807, 2.05) is 37.3 Å². The molecule has 6 heteroatoms. The van der Waals surface area contributed by atoms with Gasteiger partial charge in [-0.15, -0.1) is 0 Å². The minimum Gasteiger partial charge on any atom is -0.467 e. The van der Waals surface area contributed by atoms with Crippen molar-refractivity contribution in [2.24, 2.45) is 16.1 Å². The number of methoxy groups -OCH3 is 2. The number of ether oxygens (including phenoxy) is 2. The van der Waals surface area contributed by atoms with Gasteiger partial charge in [-0.25, -0.2) is 9.59 Å². The second-order valence-electron chi connectivity index (χ2n) is 6.82. The molecule has 1 aromatic rings. The first-order valence-corrected chi connectivity index (χ1v) is 8.32. The Morgan fingerprint density at radius 3 is 2.08 bits per heavy atom. The van der Waals surface area contributed by atoms with Crippen molar-refractivity contribution < 1.29 is 19.1 Å². The number of aryl methyl sites for hydroxylation is 1. The van der Waals surface area contributed by atoms with Gasteiger partial charge in [-0.2, -0.15) is 10.2 Å². The van der Waals surface area contributed by atoms with Crippen LogP contribution >= 0.6 is 0 Å². The van der Waals surface area contributed by atoms with Crippen molar-refractivity contribution in [2.45, 2.75) is 51.6 Å². The first kappa shape index (κ1) is 20.8. The van der Waals surface area contributed by atoms with Gasteiger partial charge in [0.05, 0.1) is 14.2 Å². The van der Waals surface area contributed by atoms with Gasteiger partial charge in [0, 0.05) is 0 Å². The van der Waals surface area contributed by atoms with E-state index in [4.69, 9.17) is 9.47 Å². The number of benzene rings is 1. The molecule has 138 valence electrons. The zero-order chi connectivity index (χ0) is 19.1. The third kappa shape index (κ3) is 5.37. The second-order valence-corrected chi connectivity index (χ2v) is 6.82. The van der Waals surface area contributed by atoms with E-state index in [1.54, 1.807) is 20.8 Å². The normalized spacial score (nSPS) is 15.4. The Labute approximate surface area is 149 Å². The maximum atomic E-state index is 12.4. The van der Waals surface area contributed by atoms with Crippen LogP contribution in [-0.2, 0) is 25.5 Å². The summed E-state index contributed by atoms with van der Waals surface area (Å²) in [6.07, 6.45) is 1.54. The Kier molecular flexibility index (Phi) is 7.27. The molecule has 0 aliphatic rings. The molecule has 0 aliphatic carbocycles. The molecule has 0 saturated heterocycles. The molecule has 0 aromatic heterocycles. The predicted octanol–water partition coefficient (Wildman–Crippen LogP) is 3.59. The SMILES string of the molecule is COC(=O)C(C)(C)N=NC(C)(C(=O)OC)C(C)CCc1ccccc1. The Balaban J connectivity index is 2.97. The number of nitrogens with zero attached hydrogens (tertiary/aromatic N) is 2. The van der Waals surface area contributed by atoms with Crippen LogP contribution in [0.2, 0.25) is 0 Å². The molecule has 0 heterocycles. The lowest BCUT2D eigenvalue weighted by Gasteiger charge is -2.29. The molecule has 2 atom stereocenters. The molecule has 25 heavy (non-hydrogen) atoms. The quantitative estimate of drug-likeness (QED) is 0.531. The third-order valence-corrected chi connectivity index (χ3v) is 4.46. The standard InChI is InChI=1S/C19H28N2O4/c1-14(12-13-15-10-8-7-9-11-15)19(4,17(23)25-6)21-20-18(2,3)16(22)24-5/h7-11,14H,12-13H2,1-6H3. The Bertz CT molecular complexity index is 613. The summed E-state index contributed by atoms with van der Waals surface area (Å²) in [6.45, 7) is 6.80. The van der Waals surface area contributed by atoms with E-state index in [0.717, 1.165) is 12.8 Å². The van der Waals surface area contributed by atoms with E-state index in [9.17, 15) is 9.59 Å². The lowest BCUT2D eigenvalue weighted by molar-refractivity contribution is -0.150. The van der Waals surface area contributed by atoms with Crippen molar-refractivity contribution in [1.29, 1.82) is 0 Å². The van der Waals surface area contributed by atoms with E-state index in [1.165, 1.54) is 19.8 Å². The van der Waals surface area contributed by atoms with E-state index in [-0.39, 0.29) is 5.92 Å². The largest absolute Gasteiger partial charge is 0.467 e. The van der Waals surface area contributed by atoms with Gasteiger partial charge in [0.1, 0.15) is 0 Å². The molecule has 2 unspecified atom stereocenters. The number of azo groups is 1. The fourth-order valence-corrected chi connectivity index (χ4v) is 2.38. The predicted molar refractivity (Wildman–Crippen MR) is 95.3 cm³/mol. The van der Waals surface area contributed by atoms with Gasteiger partial charge >= 0.3 is 11.9 Å². The monoisotopic (exact) mass is 348 g/mol. The summed E-state index contributed by atoms with van der Waals surface area (Å²) in [4.78, 5) is 24.1. The van der Waals surface area contributed by atoms with Crippen LogP contribution in [0.15, 0.2) is 40.6 Å². The maximum absolute atomic E-state index is 12.4. The first-order chi connectivity index (χ1) is 11.7. The van der Waals surface area contributed by atoms with Gasteiger partial charge < -0.3 is 9.47 Å². The van der Waals surface area contributed by atoms with Gasteiger partial charge in [-0.3, -0.25) is 0 Å². The number of carbonyl (C=O) groups excluding carboxylic acids is 2. The van der Waals surface area contributed by atoms with Crippen LogP contribution in [-0.4, -0.2) is 37.2 Å². The van der Waals surface area contributed by atoms with Gasteiger partial charge in [-0.05, 0) is 45.1 Å². The topological polar surface area (TPSA) is 77.3 Å². The van der Waals surface area contributed by atoms with Gasteiger partial charge in [0.25, 0.3) is 0 Å². The summed E-state index contributed by atoms with van der Waals surface area (Å²) >= 11 is 0.